The van der Waals surface area contributed by atoms with E-state index in [9.17, 15) is 0 Å². The number of anilines is 3. The monoisotopic (exact) mass is 616 g/mol. The molecule has 0 bridgehead atoms. The average Bonchev–Trinajstić information content (AvgIpc) is 3.47. The Labute approximate surface area is 276 Å². The molecule has 47 heavy (non-hydrogen) atoms. The first-order valence-corrected chi connectivity index (χ1v) is 18.0. The first kappa shape index (κ1) is 25.7. The predicted octanol–water partition coefficient (Wildman–Crippen LogP) is 10.2. The van der Waals surface area contributed by atoms with Gasteiger partial charge in [-0.25, -0.2) is 0 Å². The van der Waals surface area contributed by atoms with Crippen molar-refractivity contribution in [3.63, 3.8) is 0 Å². The van der Waals surface area contributed by atoms with Gasteiger partial charge in [0, 0.05) is 52.6 Å². The largest absolute Gasteiger partial charge is 0.375 e. The fourth-order valence-electron chi connectivity index (χ4n) is 8.96. The number of para-hydroxylation sites is 4. The Kier molecular flexibility index (Phi) is 4.97. The minimum atomic E-state index is -1.83. The van der Waals surface area contributed by atoms with Crippen molar-refractivity contribution in [3.8, 4) is 11.1 Å². The van der Waals surface area contributed by atoms with Gasteiger partial charge in [-0.05, 0) is 83.6 Å². The third-order valence-electron chi connectivity index (χ3n) is 10.6. The minimum Gasteiger partial charge on any atom is -0.375 e. The molecule has 2 nitrogen and oxygen atoms in total. The summed E-state index contributed by atoms with van der Waals surface area (Å²) in [5.41, 5.74) is 13.3. The number of benzene rings is 7. The van der Waals surface area contributed by atoms with Gasteiger partial charge in [0.15, 0.2) is 0 Å². The molecule has 4 heteroatoms. The van der Waals surface area contributed by atoms with Crippen LogP contribution in [0.4, 0.5) is 17.1 Å². The summed E-state index contributed by atoms with van der Waals surface area (Å²) in [5.74, 6) is 0. The number of fused-ring (bicyclic) bond motifs is 9. The molecule has 0 radical (unpaired) electrons. The zero-order valence-electron chi connectivity index (χ0n) is 25.9. The predicted molar refractivity (Wildman–Crippen MR) is 198 cm³/mol. The van der Waals surface area contributed by atoms with Crippen LogP contribution in [0.15, 0.2) is 177 Å². The summed E-state index contributed by atoms with van der Waals surface area (Å²) in [7, 11) is -1.83. The molecule has 0 amide bonds. The molecule has 3 aliphatic heterocycles. The number of nitrogens with zero attached hydrogens (tertiary/aromatic N) is 2. The second-order valence-corrected chi connectivity index (χ2v) is 16.0. The number of rotatable bonds is 2. The third-order valence-corrected chi connectivity index (χ3v) is 14.6. The fraction of sp³-hybridized carbons (Fsp3) is 0.0233. The van der Waals surface area contributed by atoms with Crippen LogP contribution in [-0.4, -0.2) is 11.3 Å². The number of aromatic nitrogens is 1. The summed E-state index contributed by atoms with van der Waals surface area (Å²) >= 11 is 0. The number of hydrogen-bond acceptors (Lipinski definition) is 1. The molecule has 0 N–H and O–H groups in total. The molecule has 0 atom stereocenters. The quantitative estimate of drug-likeness (QED) is 0.176. The van der Waals surface area contributed by atoms with E-state index in [2.05, 4.69) is 174 Å². The van der Waals surface area contributed by atoms with Gasteiger partial charge in [0.05, 0.1) is 11.4 Å². The Morgan fingerprint density at radius 2 is 1.19 bits per heavy atom. The van der Waals surface area contributed by atoms with Crippen molar-refractivity contribution < 1.29 is 0 Å². The van der Waals surface area contributed by atoms with Gasteiger partial charge in [-0.1, -0.05) is 103 Å². The molecule has 7 aromatic carbocycles. The van der Waals surface area contributed by atoms with Gasteiger partial charge in [-0.2, -0.15) is 0 Å². The fourth-order valence-corrected chi connectivity index (χ4v) is 13.2. The van der Waals surface area contributed by atoms with Gasteiger partial charge in [0.25, 0.3) is 0 Å². The lowest BCUT2D eigenvalue weighted by Crippen LogP contribution is -2.57. The van der Waals surface area contributed by atoms with Gasteiger partial charge in [0.2, 0.25) is 0 Å². The minimum absolute atomic E-state index is 0.0537. The molecule has 1 aromatic heterocycles. The second-order valence-electron chi connectivity index (χ2n) is 13.0. The molecule has 0 spiro atoms. The Morgan fingerprint density at radius 3 is 2.00 bits per heavy atom. The molecular formula is C43H29BN2S. The summed E-state index contributed by atoms with van der Waals surface area (Å²) in [6, 6.07) is 59.7. The maximum Gasteiger partial charge on any atom is 0.333 e. The van der Waals surface area contributed by atoms with Gasteiger partial charge < -0.3 is 9.38 Å². The molecule has 0 unspecified atom stereocenters. The van der Waals surface area contributed by atoms with E-state index < -0.39 is 10.0 Å². The van der Waals surface area contributed by atoms with Gasteiger partial charge in [0.1, 0.15) is 0 Å². The van der Waals surface area contributed by atoms with Crippen LogP contribution in [0.5, 0.6) is 0 Å². The Balaban J connectivity index is 1.36. The van der Waals surface area contributed by atoms with Crippen LogP contribution in [0.2, 0.25) is 0 Å². The smallest absolute Gasteiger partial charge is 0.333 e. The summed E-state index contributed by atoms with van der Waals surface area (Å²) in [5, 5.41) is 2.65. The van der Waals surface area contributed by atoms with Crippen LogP contribution in [0.3, 0.4) is 0 Å². The van der Waals surface area contributed by atoms with Crippen molar-refractivity contribution in [2.75, 3.05) is 4.90 Å². The highest BCUT2D eigenvalue weighted by Gasteiger charge is 2.49. The molecule has 3 aliphatic rings. The van der Waals surface area contributed by atoms with Gasteiger partial charge >= 0.3 is 6.85 Å². The van der Waals surface area contributed by atoms with Gasteiger partial charge in [-0.15, -0.1) is 10.0 Å². The van der Waals surface area contributed by atoms with Crippen LogP contribution in [0, 0.1) is 6.92 Å². The van der Waals surface area contributed by atoms with Crippen LogP contribution in [0.25, 0.3) is 32.9 Å². The van der Waals surface area contributed by atoms with E-state index in [1.54, 1.807) is 0 Å². The number of hydrogen-bond donors (Lipinski definition) is 0. The summed E-state index contributed by atoms with van der Waals surface area (Å²) < 4.78 is 2.66. The van der Waals surface area contributed by atoms with E-state index in [4.69, 9.17) is 0 Å². The van der Waals surface area contributed by atoms with Crippen LogP contribution < -0.4 is 15.8 Å². The molecular weight excluding hydrogens is 587 g/mol. The van der Waals surface area contributed by atoms with Crippen LogP contribution in [0.1, 0.15) is 5.56 Å². The summed E-state index contributed by atoms with van der Waals surface area (Å²) in [6.07, 6.45) is 0. The molecule has 220 valence electrons. The molecule has 8 aromatic rings. The molecule has 11 rings (SSSR count). The zero-order valence-corrected chi connectivity index (χ0v) is 26.7. The van der Waals surface area contributed by atoms with Crippen molar-refractivity contribution in [1.29, 1.82) is 0 Å². The van der Waals surface area contributed by atoms with Gasteiger partial charge in [-0.3, -0.25) is 0 Å². The van der Waals surface area contributed by atoms with Crippen molar-refractivity contribution in [2.24, 2.45) is 0 Å². The van der Waals surface area contributed by atoms with E-state index >= 15 is 0 Å². The zero-order chi connectivity index (χ0) is 30.9. The summed E-state index contributed by atoms with van der Waals surface area (Å²) in [6.45, 7) is 2.31. The Hall–Kier alpha value is -5.45. The maximum atomic E-state index is 2.66. The molecule has 0 saturated carbocycles. The lowest BCUT2D eigenvalue weighted by molar-refractivity contribution is 1.12. The highest BCUT2D eigenvalue weighted by molar-refractivity contribution is 8.34. The van der Waals surface area contributed by atoms with Crippen molar-refractivity contribution in [1.82, 2.24) is 4.48 Å². The van der Waals surface area contributed by atoms with E-state index in [0.29, 0.717) is 0 Å². The van der Waals surface area contributed by atoms with E-state index in [1.807, 2.05) is 0 Å². The third kappa shape index (κ3) is 3.05. The van der Waals surface area contributed by atoms with E-state index in [1.165, 1.54) is 86.1 Å². The summed E-state index contributed by atoms with van der Waals surface area (Å²) in [4.78, 5) is 8.15. The highest BCUT2D eigenvalue weighted by atomic mass is 32.3. The highest BCUT2D eigenvalue weighted by Crippen LogP contribution is 2.79. The molecule has 4 heterocycles. The normalized spacial score (nSPS) is 15.3. The first-order chi connectivity index (χ1) is 23.3. The maximum absolute atomic E-state index is 2.66. The van der Waals surface area contributed by atoms with Crippen molar-refractivity contribution >= 4 is 66.7 Å². The molecule has 0 fully saturated rings. The van der Waals surface area contributed by atoms with Crippen LogP contribution in [-0.2, 0) is 0 Å². The first-order valence-electron chi connectivity index (χ1n) is 16.4. The Bertz CT molecular complexity index is 2570. The molecule has 0 saturated heterocycles. The van der Waals surface area contributed by atoms with Crippen molar-refractivity contribution in [3.05, 3.63) is 163 Å². The SMILES string of the molecule is Cc1cc2c3c(c1)N1c4ccccc4S(c4ccccc4)(c4ccccc4)c4cccc(c41)B3n1c3ccccc3c3cccc-2c31. The number of aryl methyl sites for hydroxylation is 1. The van der Waals surface area contributed by atoms with E-state index in [0.717, 1.165) is 0 Å². The topological polar surface area (TPSA) is 8.17 Å². The average molecular weight is 617 g/mol. The lowest BCUT2D eigenvalue weighted by Gasteiger charge is -2.53. The molecule has 0 aliphatic carbocycles. The standard InChI is InChI=1S/C43H29BN2S/c1-28-26-34-33-20-12-19-32-31-18-8-9-22-36(31)46(42(32)33)44-35-21-13-25-40-43(35)45(38(27-28)41(34)44)37-23-10-11-24-39(37)47(40,29-14-4-2-5-15-29)30-16-6-3-7-17-30/h2-27H,1H3. The second kappa shape index (κ2) is 9.09. The van der Waals surface area contributed by atoms with Crippen molar-refractivity contribution in [2.45, 2.75) is 26.5 Å². The van der Waals surface area contributed by atoms with E-state index in [-0.39, 0.29) is 6.85 Å². The Morgan fingerprint density at radius 1 is 0.532 bits per heavy atom. The lowest BCUT2D eigenvalue weighted by atomic mass is 9.45. The van der Waals surface area contributed by atoms with Crippen LogP contribution >= 0.6 is 10.0 Å².